The van der Waals surface area contributed by atoms with Gasteiger partial charge >= 0.3 is 0 Å². The molecule has 0 aliphatic heterocycles. The minimum atomic E-state index is 0.167. The highest BCUT2D eigenvalue weighted by Crippen LogP contribution is 2.48. The summed E-state index contributed by atoms with van der Waals surface area (Å²) < 4.78 is 0. The molecular weight excluding hydrogens is 243 g/mol. The van der Waals surface area contributed by atoms with E-state index in [2.05, 4.69) is 11.4 Å². The van der Waals surface area contributed by atoms with Gasteiger partial charge in [-0.05, 0) is 25.0 Å². The fourth-order valence-corrected chi connectivity index (χ4v) is 2.05. The van der Waals surface area contributed by atoms with Crippen molar-refractivity contribution in [2.45, 2.75) is 19.3 Å². The van der Waals surface area contributed by atoms with Gasteiger partial charge in [0, 0.05) is 18.4 Å². The highest BCUT2D eigenvalue weighted by molar-refractivity contribution is 6.43. The zero-order valence-electron chi connectivity index (χ0n) is 8.76. The third kappa shape index (κ3) is 2.42. The van der Waals surface area contributed by atoms with Gasteiger partial charge in [0.25, 0.3) is 0 Å². The first-order chi connectivity index (χ1) is 7.67. The molecule has 0 spiro atoms. The maximum Gasteiger partial charge on any atom is 0.0823 e. The van der Waals surface area contributed by atoms with Crippen molar-refractivity contribution in [3.05, 3.63) is 28.2 Å². The Bertz CT molecular complexity index is 433. The predicted octanol–water partition coefficient (Wildman–Crippen LogP) is 4.10. The van der Waals surface area contributed by atoms with Crippen LogP contribution in [0.1, 0.15) is 19.3 Å². The van der Waals surface area contributed by atoms with Crippen molar-refractivity contribution < 1.29 is 0 Å². The number of anilines is 1. The van der Waals surface area contributed by atoms with E-state index in [-0.39, 0.29) is 5.41 Å². The molecule has 84 valence electrons. The Morgan fingerprint density at radius 2 is 2.12 bits per heavy atom. The lowest BCUT2D eigenvalue weighted by Gasteiger charge is -2.14. The van der Waals surface area contributed by atoms with Crippen molar-refractivity contribution in [3.8, 4) is 6.07 Å². The van der Waals surface area contributed by atoms with Crippen LogP contribution in [0, 0.1) is 16.7 Å². The minimum absolute atomic E-state index is 0.167. The molecule has 1 fully saturated rings. The lowest BCUT2D eigenvalue weighted by atomic mass is 10.0. The van der Waals surface area contributed by atoms with Gasteiger partial charge in [0.1, 0.15) is 0 Å². The summed E-state index contributed by atoms with van der Waals surface area (Å²) in [5.41, 5.74) is 1.01. The monoisotopic (exact) mass is 254 g/mol. The molecular formula is C12H12Cl2N2. The molecule has 0 saturated heterocycles. The number of hydrogen-bond acceptors (Lipinski definition) is 2. The summed E-state index contributed by atoms with van der Waals surface area (Å²) in [4.78, 5) is 0. The van der Waals surface area contributed by atoms with Crippen LogP contribution >= 0.6 is 23.2 Å². The van der Waals surface area contributed by atoms with Crippen LogP contribution in [0.4, 0.5) is 5.69 Å². The van der Waals surface area contributed by atoms with E-state index in [0.717, 1.165) is 25.1 Å². The van der Waals surface area contributed by atoms with Crippen LogP contribution in [0.2, 0.25) is 10.0 Å². The van der Waals surface area contributed by atoms with Crippen molar-refractivity contribution in [2.75, 3.05) is 11.9 Å². The SMILES string of the molecule is N#CCC1(CNc2cccc(Cl)c2Cl)CC1. The van der Waals surface area contributed by atoms with E-state index in [1.54, 1.807) is 6.07 Å². The van der Waals surface area contributed by atoms with Gasteiger partial charge in [0.05, 0.1) is 21.8 Å². The van der Waals surface area contributed by atoms with Gasteiger partial charge in [-0.2, -0.15) is 5.26 Å². The second-order valence-corrected chi connectivity index (χ2v) is 5.07. The van der Waals surface area contributed by atoms with Crippen LogP contribution in [-0.4, -0.2) is 6.54 Å². The molecule has 16 heavy (non-hydrogen) atoms. The van der Waals surface area contributed by atoms with E-state index in [1.165, 1.54) is 0 Å². The van der Waals surface area contributed by atoms with Crippen molar-refractivity contribution in [3.63, 3.8) is 0 Å². The second-order valence-electron chi connectivity index (χ2n) is 4.29. The molecule has 2 rings (SSSR count). The fourth-order valence-electron chi connectivity index (χ4n) is 1.68. The maximum atomic E-state index is 8.71. The standard InChI is InChI=1S/C12H12Cl2N2/c13-9-2-1-3-10(11(9)14)16-8-12(4-5-12)6-7-15/h1-3,16H,4-6,8H2. The van der Waals surface area contributed by atoms with Crippen molar-refractivity contribution in [1.29, 1.82) is 5.26 Å². The van der Waals surface area contributed by atoms with Crippen LogP contribution < -0.4 is 5.32 Å². The summed E-state index contributed by atoms with van der Waals surface area (Å²) in [6.07, 6.45) is 2.84. The number of nitrogens with zero attached hydrogens (tertiary/aromatic N) is 1. The van der Waals surface area contributed by atoms with Gasteiger partial charge in [0.15, 0.2) is 0 Å². The van der Waals surface area contributed by atoms with E-state index in [1.807, 2.05) is 12.1 Å². The van der Waals surface area contributed by atoms with Crippen LogP contribution in [0.15, 0.2) is 18.2 Å². The molecule has 0 bridgehead atoms. The van der Waals surface area contributed by atoms with Gasteiger partial charge in [-0.25, -0.2) is 0 Å². The molecule has 4 heteroatoms. The summed E-state index contributed by atoms with van der Waals surface area (Å²) in [5.74, 6) is 0. The normalized spacial score (nSPS) is 16.6. The second kappa shape index (κ2) is 4.53. The Labute approximate surface area is 105 Å². The highest BCUT2D eigenvalue weighted by atomic mass is 35.5. The molecule has 0 amide bonds. The maximum absolute atomic E-state index is 8.71. The number of nitrogens with one attached hydrogen (secondary N) is 1. The van der Waals surface area contributed by atoms with E-state index in [4.69, 9.17) is 28.5 Å². The third-order valence-electron chi connectivity index (χ3n) is 3.02. The molecule has 0 unspecified atom stereocenters. The summed E-state index contributed by atoms with van der Waals surface area (Å²) >= 11 is 12.0. The Hall–Kier alpha value is -0.910. The number of nitriles is 1. The molecule has 0 radical (unpaired) electrons. The fraction of sp³-hybridized carbons (Fsp3) is 0.417. The molecule has 0 aromatic heterocycles. The van der Waals surface area contributed by atoms with E-state index in [0.29, 0.717) is 16.5 Å². The first kappa shape index (κ1) is 11.6. The zero-order chi connectivity index (χ0) is 11.6. The Morgan fingerprint density at radius 1 is 1.38 bits per heavy atom. The first-order valence-electron chi connectivity index (χ1n) is 5.22. The van der Waals surface area contributed by atoms with Crippen molar-refractivity contribution in [2.24, 2.45) is 5.41 Å². The van der Waals surface area contributed by atoms with Crippen LogP contribution in [0.3, 0.4) is 0 Å². The summed E-state index contributed by atoms with van der Waals surface area (Å²) in [7, 11) is 0. The van der Waals surface area contributed by atoms with Crippen LogP contribution in [-0.2, 0) is 0 Å². The Morgan fingerprint density at radius 3 is 2.75 bits per heavy atom. The lowest BCUT2D eigenvalue weighted by molar-refractivity contribution is 0.557. The van der Waals surface area contributed by atoms with Crippen LogP contribution in [0.5, 0.6) is 0 Å². The number of hydrogen-bond donors (Lipinski definition) is 1. The quantitative estimate of drug-likeness (QED) is 0.879. The molecule has 0 heterocycles. The third-order valence-corrected chi connectivity index (χ3v) is 3.84. The van der Waals surface area contributed by atoms with Crippen LogP contribution in [0.25, 0.3) is 0 Å². The topological polar surface area (TPSA) is 35.8 Å². The number of rotatable bonds is 4. The molecule has 1 N–H and O–H groups in total. The molecule has 1 aromatic carbocycles. The van der Waals surface area contributed by atoms with Crippen molar-refractivity contribution in [1.82, 2.24) is 0 Å². The molecule has 0 atom stereocenters. The molecule has 1 saturated carbocycles. The van der Waals surface area contributed by atoms with E-state index < -0.39 is 0 Å². The van der Waals surface area contributed by atoms with Gasteiger partial charge in [-0.1, -0.05) is 29.3 Å². The average molecular weight is 255 g/mol. The smallest absolute Gasteiger partial charge is 0.0823 e. The van der Waals surface area contributed by atoms with Gasteiger partial charge in [-0.3, -0.25) is 0 Å². The van der Waals surface area contributed by atoms with E-state index >= 15 is 0 Å². The van der Waals surface area contributed by atoms with Gasteiger partial charge < -0.3 is 5.32 Å². The highest BCUT2D eigenvalue weighted by Gasteiger charge is 2.42. The molecule has 1 aliphatic carbocycles. The minimum Gasteiger partial charge on any atom is -0.383 e. The van der Waals surface area contributed by atoms with Gasteiger partial charge in [-0.15, -0.1) is 0 Å². The Kier molecular flexibility index (Phi) is 3.28. The van der Waals surface area contributed by atoms with Gasteiger partial charge in [0.2, 0.25) is 0 Å². The van der Waals surface area contributed by atoms with E-state index in [9.17, 15) is 0 Å². The summed E-state index contributed by atoms with van der Waals surface area (Å²) in [5, 5.41) is 13.1. The largest absolute Gasteiger partial charge is 0.383 e. The predicted molar refractivity (Wildman–Crippen MR) is 66.8 cm³/mol. The number of benzene rings is 1. The van der Waals surface area contributed by atoms with Crippen molar-refractivity contribution >= 4 is 28.9 Å². The molecule has 1 aromatic rings. The molecule has 2 nitrogen and oxygen atoms in total. The molecule has 1 aliphatic rings. The average Bonchev–Trinajstić information content (AvgIpc) is 3.02. The summed E-state index contributed by atoms with van der Waals surface area (Å²) in [6.45, 7) is 0.792. The zero-order valence-corrected chi connectivity index (χ0v) is 10.3. The lowest BCUT2D eigenvalue weighted by Crippen LogP contribution is -2.15. The summed E-state index contributed by atoms with van der Waals surface area (Å²) in [6, 6.07) is 7.76. The number of halogens is 2. The Balaban J connectivity index is 2.00. The first-order valence-corrected chi connectivity index (χ1v) is 5.97.